The molecule has 0 aromatic heterocycles. The van der Waals surface area contributed by atoms with Gasteiger partial charge in [-0.05, 0) is 41.9 Å². The van der Waals surface area contributed by atoms with Gasteiger partial charge in [0.05, 0.1) is 0 Å². The lowest BCUT2D eigenvalue weighted by atomic mass is 9.87. The van der Waals surface area contributed by atoms with Gasteiger partial charge in [-0.2, -0.15) is 0 Å². The van der Waals surface area contributed by atoms with E-state index in [9.17, 15) is 0 Å². The Bertz CT molecular complexity index is 358. The summed E-state index contributed by atoms with van der Waals surface area (Å²) in [5.41, 5.74) is 2.93. The van der Waals surface area contributed by atoms with Crippen LogP contribution < -0.4 is 5.32 Å². The molecule has 0 heterocycles. The smallest absolute Gasteiger partial charge is 0.0342 e. The van der Waals surface area contributed by atoms with E-state index in [4.69, 9.17) is 0 Å². The lowest BCUT2D eigenvalue weighted by Crippen LogP contribution is -2.21. The molecule has 1 heteroatoms. The molecule has 2 unspecified atom stereocenters. The van der Waals surface area contributed by atoms with E-state index < -0.39 is 0 Å². The fourth-order valence-corrected chi connectivity index (χ4v) is 2.64. The van der Waals surface area contributed by atoms with Gasteiger partial charge >= 0.3 is 0 Å². The van der Waals surface area contributed by atoms with Crippen LogP contribution in [0.25, 0.3) is 0 Å². The summed E-state index contributed by atoms with van der Waals surface area (Å²) in [7, 11) is 0. The van der Waals surface area contributed by atoms with Crippen LogP contribution >= 0.6 is 0 Å². The van der Waals surface area contributed by atoms with E-state index in [0.717, 1.165) is 5.92 Å². The number of benzene rings is 1. The fourth-order valence-electron chi connectivity index (χ4n) is 2.64. The molecular weight excluding hydrogens is 206 g/mol. The van der Waals surface area contributed by atoms with Gasteiger partial charge in [-0.15, -0.1) is 0 Å². The number of hydrogen-bond donors (Lipinski definition) is 1. The monoisotopic (exact) mass is 231 g/mol. The SMILES string of the molecule is CC1CCCC1Nc1ccc(C(C)(C)C)cc1. The topological polar surface area (TPSA) is 12.0 Å². The molecule has 0 bridgehead atoms. The summed E-state index contributed by atoms with van der Waals surface area (Å²) in [4.78, 5) is 0. The van der Waals surface area contributed by atoms with Crippen molar-refractivity contribution in [2.75, 3.05) is 5.32 Å². The van der Waals surface area contributed by atoms with Gasteiger partial charge in [-0.25, -0.2) is 0 Å². The zero-order valence-corrected chi connectivity index (χ0v) is 11.6. The van der Waals surface area contributed by atoms with Crippen LogP contribution in [0.1, 0.15) is 52.5 Å². The summed E-state index contributed by atoms with van der Waals surface area (Å²) >= 11 is 0. The summed E-state index contributed by atoms with van der Waals surface area (Å²) in [6.07, 6.45) is 4.07. The van der Waals surface area contributed by atoms with Crippen LogP contribution in [-0.4, -0.2) is 6.04 Å². The highest BCUT2D eigenvalue weighted by Crippen LogP contribution is 2.29. The minimum absolute atomic E-state index is 0.249. The minimum Gasteiger partial charge on any atom is -0.382 e. The highest BCUT2D eigenvalue weighted by atomic mass is 14.9. The summed E-state index contributed by atoms with van der Waals surface area (Å²) in [5, 5.41) is 3.67. The molecule has 0 radical (unpaired) electrons. The largest absolute Gasteiger partial charge is 0.382 e. The molecule has 17 heavy (non-hydrogen) atoms. The lowest BCUT2D eigenvalue weighted by Gasteiger charge is -2.21. The maximum Gasteiger partial charge on any atom is 0.0342 e. The van der Waals surface area contributed by atoms with E-state index in [2.05, 4.69) is 57.3 Å². The van der Waals surface area contributed by atoms with Crippen LogP contribution in [0.2, 0.25) is 0 Å². The molecule has 1 aromatic rings. The lowest BCUT2D eigenvalue weighted by molar-refractivity contribution is 0.556. The first-order chi connectivity index (χ1) is 7.97. The van der Waals surface area contributed by atoms with Crippen molar-refractivity contribution in [3.05, 3.63) is 29.8 Å². The van der Waals surface area contributed by atoms with Gasteiger partial charge in [0.15, 0.2) is 0 Å². The van der Waals surface area contributed by atoms with Crippen LogP contribution in [0.3, 0.4) is 0 Å². The predicted molar refractivity (Wildman–Crippen MR) is 75.6 cm³/mol. The number of hydrogen-bond acceptors (Lipinski definition) is 1. The normalized spacial score (nSPS) is 24.9. The molecule has 1 saturated carbocycles. The summed E-state index contributed by atoms with van der Waals surface area (Å²) in [6.45, 7) is 9.13. The highest BCUT2D eigenvalue weighted by Gasteiger charge is 2.23. The summed E-state index contributed by atoms with van der Waals surface area (Å²) < 4.78 is 0. The molecule has 0 aliphatic heterocycles. The molecule has 1 aliphatic rings. The van der Waals surface area contributed by atoms with E-state index in [1.807, 2.05) is 0 Å². The molecular formula is C16H25N. The summed E-state index contributed by atoms with van der Waals surface area (Å²) in [6, 6.07) is 9.64. The minimum atomic E-state index is 0.249. The highest BCUT2D eigenvalue weighted by molar-refractivity contribution is 5.46. The fraction of sp³-hybridized carbons (Fsp3) is 0.625. The molecule has 0 amide bonds. The Kier molecular flexibility index (Phi) is 3.46. The van der Waals surface area contributed by atoms with Gasteiger partial charge in [-0.1, -0.05) is 46.2 Å². The molecule has 0 spiro atoms. The van der Waals surface area contributed by atoms with Gasteiger partial charge in [0.25, 0.3) is 0 Å². The van der Waals surface area contributed by atoms with Crippen molar-refractivity contribution in [3.8, 4) is 0 Å². The first kappa shape index (κ1) is 12.5. The average Bonchev–Trinajstić information content (AvgIpc) is 2.64. The maximum atomic E-state index is 3.67. The number of nitrogens with one attached hydrogen (secondary N) is 1. The Labute approximate surface area is 106 Å². The van der Waals surface area contributed by atoms with E-state index in [1.165, 1.54) is 30.5 Å². The van der Waals surface area contributed by atoms with E-state index >= 15 is 0 Å². The Morgan fingerprint density at radius 3 is 2.18 bits per heavy atom. The van der Waals surface area contributed by atoms with Crippen molar-refractivity contribution >= 4 is 5.69 Å². The van der Waals surface area contributed by atoms with Crippen LogP contribution in [0.5, 0.6) is 0 Å². The van der Waals surface area contributed by atoms with Crippen molar-refractivity contribution in [2.45, 2.75) is 58.4 Å². The molecule has 94 valence electrons. The van der Waals surface area contributed by atoms with Gasteiger partial charge in [0.1, 0.15) is 0 Å². The second kappa shape index (κ2) is 4.72. The Hall–Kier alpha value is -0.980. The molecule has 1 nitrogen and oxygen atoms in total. The second-order valence-electron chi connectivity index (χ2n) is 6.49. The van der Waals surface area contributed by atoms with Gasteiger partial charge in [0.2, 0.25) is 0 Å². The Morgan fingerprint density at radius 1 is 1.06 bits per heavy atom. The van der Waals surface area contributed by atoms with Crippen molar-refractivity contribution < 1.29 is 0 Å². The van der Waals surface area contributed by atoms with E-state index in [-0.39, 0.29) is 5.41 Å². The standard InChI is InChI=1S/C16H25N/c1-12-6-5-7-15(12)17-14-10-8-13(9-11-14)16(2,3)4/h8-12,15,17H,5-7H2,1-4H3. The van der Waals surface area contributed by atoms with Crippen LogP contribution in [0.4, 0.5) is 5.69 Å². The van der Waals surface area contributed by atoms with Crippen LogP contribution in [0, 0.1) is 5.92 Å². The van der Waals surface area contributed by atoms with Crippen LogP contribution in [0.15, 0.2) is 24.3 Å². The van der Waals surface area contributed by atoms with Crippen molar-refractivity contribution in [1.29, 1.82) is 0 Å². The molecule has 1 aromatic carbocycles. The third-order valence-electron chi connectivity index (χ3n) is 3.96. The van der Waals surface area contributed by atoms with Crippen molar-refractivity contribution in [3.63, 3.8) is 0 Å². The first-order valence-corrected chi connectivity index (χ1v) is 6.84. The summed E-state index contributed by atoms with van der Waals surface area (Å²) in [5.74, 6) is 0.817. The zero-order chi connectivity index (χ0) is 12.5. The van der Waals surface area contributed by atoms with E-state index in [1.54, 1.807) is 0 Å². The third kappa shape index (κ3) is 3.02. The maximum absolute atomic E-state index is 3.67. The number of rotatable bonds is 2. The molecule has 1 aliphatic carbocycles. The average molecular weight is 231 g/mol. The molecule has 1 N–H and O–H groups in total. The van der Waals surface area contributed by atoms with E-state index in [0.29, 0.717) is 6.04 Å². The third-order valence-corrected chi connectivity index (χ3v) is 3.96. The molecule has 0 saturated heterocycles. The van der Waals surface area contributed by atoms with Gasteiger partial charge in [0, 0.05) is 11.7 Å². The van der Waals surface area contributed by atoms with Crippen LogP contribution in [-0.2, 0) is 5.41 Å². The first-order valence-electron chi connectivity index (χ1n) is 6.84. The van der Waals surface area contributed by atoms with Crippen molar-refractivity contribution in [2.24, 2.45) is 5.92 Å². The zero-order valence-electron chi connectivity index (χ0n) is 11.6. The van der Waals surface area contributed by atoms with Crippen molar-refractivity contribution in [1.82, 2.24) is 0 Å². The predicted octanol–water partition coefficient (Wildman–Crippen LogP) is 4.58. The Morgan fingerprint density at radius 2 is 1.71 bits per heavy atom. The number of anilines is 1. The molecule has 2 atom stereocenters. The van der Waals surface area contributed by atoms with Gasteiger partial charge < -0.3 is 5.32 Å². The molecule has 2 rings (SSSR count). The Balaban J connectivity index is 2.03. The molecule has 1 fully saturated rings. The second-order valence-corrected chi connectivity index (χ2v) is 6.49. The quantitative estimate of drug-likeness (QED) is 0.785. The van der Waals surface area contributed by atoms with Gasteiger partial charge in [-0.3, -0.25) is 0 Å².